The molecule has 3 rings (SSSR count). The zero-order valence-electron chi connectivity index (χ0n) is 27.7. The fourth-order valence-electron chi connectivity index (χ4n) is 5.68. The molecule has 0 spiro atoms. The van der Waals surface area contributed by atoms with Crippen molar-refractivity contribution >= 4 is 11.6 Å². The van der Waals surface area contributed by atoms with Crippen LogP contribution in [0.5, 0.6) is 5.75 Å². The molecule has 0 unspecified atom stereocenters. The molecule has 1 heterocycles. The summed E-state index contributed by atoms with van der Waals surface area (Å²) in [5, 5.41) is 0. The van der Waals surface area contributed by atoms with Crippen molar-refractivity contribution in [3.63, 3.8) is 0 Å². The minimum Gasteiger partial charge on any atom is -1.00 e. The lowest BCUT2D eigenvalue weighted by atomic mass is 10.0. The molecule has 0 atom stereocenters. The molecular weight excluding hydrogens is 655 g/mol. The summed E-state index contributed by atoms with van der Waals surface area (Å²) in [4.78, 5) is 15.6. The van der Waals surface area contributed by atoms with Gasteiger partial charge in [-0.25, -0.2) is 4.57 Å². The molecule has 0 aliphatic carbocycles. The summed E-state index contributed by atoms with van der Waals surface area (Å²) in [5.74, 6) is 0.923. The number of aromatic nitrogens is 1. The third-order valence-electron chi connectivity index (χ3n) is 8.31. The SMILES string of the molecule is CCCCCCCCCCCCCCCCOc1ccc(CN(C(=O)c2ccc[n+](CCC)c2)c2ccccc2)c(C)c1.[I-]. The molecule has 0 aliphatic rings. The molecule has 242 valence electrons. The van der Waals surface area contributed by atoms with Gasteiger partial charge in [-0.1, -0.05) is 122 Å². The molecule has 44 heavy (non-hydrogen) atoms. The summed E-state index contributed by atoms with van der Waals surface area (Å²) in [5.41, 5.74) is 3.86. The molecule has 0 bridgehead atoms. The first-order chi connectivity index (χ1) is 21.1. The van der Waals surface area contributed by atoms with Gasteiger partial charge in [0.1, 0.15) is 17.9 Å². The Hall–Kier alpha value is -2.41. The molecule has 1 amide bonds. The molecule has 2 aromatic carbocycles. The number of benzene rings is 2. The smallest absolute Gasteiger partial charge is 0.264 e. The summed E-state index contributed by atoms with van der Waals surface area (Å²) in [7, 11) is 0. The topological polar surface area (TPSA) is 33.4 Å². The van der Waals surface area contributed by atoms with Crippen molar-refractivity contribution in [1.29, 1.82) is 0 Å². The molecule has 5 heteroatoms. The first-order valence-corrected chi connectivity index (χ1v) is 17.2. The number of hydrogen-bond acceptors (Lipinski definition) is 2. The van der Waals surface area contributed by atoms with E-state index >= 15 is 0 Å². The number of hydrogen-bond donors (Lipinski definition) is 0. The Morgan fingerprint density at radius 1 is 0.727 bits per heavy atom. The summed E-state index contributed by atoms with van der Waals surface area (Å²) >= 11 is 0. The lowest BCUT2D eigenvalue weighted by Gasteiger charge is -2.24. The van der Waals surface area contributed by atoms with Crippen LogP contribution in [0.4, 0.5) is 5.69 Å². The monoisotopic (exact) mass is 712 g/mol. The van der Waals surface area contributed by atoms with Crippen LogP contribution < -0.4 is 38.2 Å². The first-order valence-electron chi connectivity index (χ1n) is 17.2. The number of nitrogens with zero attached hydrogens (tertiary/aromatic N) is 2. The number of halogens is 1. The standard InChI is InChI=1S/C39H57N2O2.HI/c1-4-6-7-8-9-10-11-12-13-14-15-16-17-21-30-43-38-27-26-35(34(3)31-38)33-41(37-24-19-18-20-25-37)39(42)36-23-22-29-40(32-36)28-5-2;/h18-20,22-27,29,31-32H,4-17,21,28,30,33H2,1-3H3;1H/q+1;/p-1. The van der Waals surface area contributed by atoms with Crippen LogP contribution >= 0.6 is 0 Å². The lowest BCUT2D eigenvalue weighted by Crippen LogP contribution is -3.00. The summed E-state index contributed by atoms with van der Waals surface area (Å²) in [6, 6.07) is 20.1. The predicted octanol–water partition coefficient (Wildman–Crippen LogP) is 7.40. The van der Waals surface area contributed by atoms with Crippen molar-refractivity contribution in [2.24, 2.45) is 0 Å². The molecule has 0 N–H and O–H groups in total. The molecule has 0 saturated carbocycles. The van der Waals surface area contributed by atoms with Crippen LogP contribution in [0.1, 0.15) is 132 Å². The van der Waals surface area contributed by atoms with E-state index in [2.05, 4.69) is 43.5 Å². The molecule has 0 radical (unpaired) electrons. The van der Waals surface area contributed by atoms with Crippen LogP contribution in [0.2, 0.25) is 0 Å². The molecule has 1 aromatic heterocycles. The van der Waals surface area contributed by atoms with Crippen molar-refractivity contribution in [3.05, 3.63) is 89.7 Å². The molecule has 4 nitrogen and oxygen atoms in total. The highest BCUT2D eigenvalue weighted by Crippen LogP contribution is 2.24. The van der Waals surface area contributed by atoms with Crippen molar-refractivity contribution in [1.82, 2.24) is 0 Å². The number of carbonyl (C=O) groups excluding carboxylic acids is 1. The van der Waals surface area contributed by atoms with E-state index in [4.69, 9.17) is 4.74 Å². The van der Waals surface area contributed by atoms with Gasteiger partial charge in [-0.2, -0.15) is 0 Å². The minimum absolute atomic E-state index is 0. The Kier molecular flexibility index (Phi) is 19.7. The lowest BCUT2D eigenvalue weighted by molar-refractivity contribution is -0.697. The first kappa shape index (κ1) is 37.8. The molecule has 0 saturated heterocycles. The highest BCUT2D eigenvalue weighted by molar-refractivity contribution is 6.05. The van der Waals surface area contributed by atoms with E-state index in [1.807, 2.05) is 59.8 Å². The van der Waals surface area contributed by atoms with Gasteiger partial charge >= 0.3 is 0 Å². The second kappa shape index (κ2) is 23.0. The predicted molar refractivity (Wildman–Crippen MR) is 181 cm³/mol. The highest BCUT2D eigenvalue weighted by atomic mass is 127. The van der Waals surface area contributed by atoms with E-state index in [1.165, 1.54) is 83.5 Å². The third kappa shape index (κ3) is 14.1. The van der Waals surface area contributed by atoms with Gasteiger partial charge in [0.25, 0.3) is 5.91 Å². The Morgan fingerprint density at radius 2 is 1.34 bits per heavy atom. The number of rotatable bonds is 22. The van der Waals surface area contributed by atoms with Crippen molar-refractivity contribution in [3.8, 4) is 5.75 Å². The van der Waals surface area contributed by atoms with E-state index in [0.717, 1.165) is 48.6 Å². The quantitative estimate of drug-likeness (QED) is 0.0619. The number of carbonyl (C=O) groups is 1. The van der Waals surface area contributed by atoms with E-state index in [1.54, 1.807) is 0 Å². The number of aryl methyl sites for hydroxylation is 2. The number of amides is 1. The van der Waals surface area contributed by atoms with E-state index in [0.29, 0.717) is 12.1 Å². The highest BCUT2D eigenvalue weighted by Gasteiger charge is 2.21. The normalized spacial score (nSPS) is 10.8. The summed E-state index contributed by atoms with van der Waals surface area (Å²) in [6.45, 7) is 8.71. The van der Waals surface area contributed by atoms with Gasteiger partial charge in [0.05, 0.1) is 13.2 Å². The van der Waals surface area contributed by atoms with E-state index < -0.39 is 0 Å². The second-order valence-corrected chi connectivity index (χ2v) is 12.1. The van der Waals surface area contributed by atoms with Gasteiger partial charge in [0.2, 0.25) is 0 Å². The maximum absolute atomic E-state index is 13.7. The number of ether oxygens (including phenoxy) is 1. The number of anilines is 1. The fourth-order valence-corrected chi connectivity index (χ4v) is 5.68. The molecule has 0 fully saturated rings. The largest absolute Gasteiger partial charge is 1.00 e. The number of pyridine rings is 1. The van der Waals surface area contributed by atoms with Gasteiger partial charge in [-0.05, 0) is 54.8 Å². The van der Waals surface area contributed by atoms with Crippen LogP contribution in [0.25, 0.3) is 0 Å². The van der Waals surface area contributed by atoms with E-state index in [9.17, 15) is 4.79 Å². The average molecular weight is 713 g/mol. The molecular formula is C39H57IN2O2. The minimum atomic E-state index is 0. The number of unbranched alkanes of at least 4 members (excludes halogenated alkanes) is 13. The van der Waals surface area contributed by atoms with Crippen LogP contribution in [0.15, 0.2) is 73.1 Å². The van der Waals surface area contributed by atoms with Gasteiger partial charge in [0.15, 0.2) is 12.4 Å². The van der Waals surface area contributed by atoms with Crippen LogP contribution in [0, 0.1) is 6.92 Å². The zero-order chi connectivity index (χ0) is 30.5. The Labute approximate surface area is 285 Å². The average Bonchev–Trinajstić information content (AvgIpc) is 3.03. The molecule has 0 aliphatic heterocycles. The van der Waals surface area contributed by atoms with Crippen molar-refractivity contribution < 1.29 is 38.1 Å². The van der Waals surface area contributed by atoms with Gasteiger partial charge in [-0.15, -0.1) is 0 Å². The van der Waals surface area contributed by atoms with Gasteiger partial charge in [-0.3, -0.25) is 4.79 Å². The number of para-hydroxylation sites is 1. The van der Waals surface area contributed by atoms with E-state index in [-0.39, 0.29) is 29.9 Å². The fraction of sp³-hybridized carbons (Fsp3) is 0.538. The van der Waals surface area contributed by atoms with Crippen LogP contribution in [-0.2, 0) is 13.1 Å². The van der Waals surface area contributed by atoms with Crippen molar-refractivity contribution in [2.75, 3.05) is 11.5 Å². The maximum Gasteiger partial charge on any atom is 0.264 e. The zero-order valence-corrected chi connectivity index (χ0v) is 29.9. The summed E-state index contributed by atoms with van der Waals surface area (Å²) in [6.07, 6.45) is 24.1. The Bertz CT molecular complexity index is 1180. The van der Waals surface area contributed by atoms with Gasteiger partial charge < -0.3 is 33.6 Å². The van der Waals surface area contributed by atoms with Crippen molar-refractivity contribution in [2.45, 2.75) is 130 Å². The summed E-state index contributed by atoms with van der Waals surface area (Å²) < 4.78 is 8.20. The van der Waals surface area contributed by atoms with Crippen LogP contribution in [-0.4, -0.2) is 12.5 Å². The second-order valence-electron chi connectivity index (χ2n) is 12.1. The Balaban J connectivity index is 0.00000675. The van der Waals surface area contributed by atoms with Crippen LogP contribution in [0.3, 0.4) is 0 Å². The third-order valence-corrected chi connectivity index (χ3v) is 8.31. The Morgan fingerprint density at radius 3 is 1.93 bits per heavy atom. The van der Waals surface area contributed by atoms with Gasteiger partial charge in [0, 0.05) is 18.2 Å². The maximum atomic E-state index is 13.7. The molecule has 3 aromatic rings.